The zero-order valence-electron chi connectivity index (χ0n) is 12.2. The zero-order chi connectivity index (χ0) is 15.0. The lowest BCUT2D eigenvalue weighted by Gasteiger charge is -2.28. The molecule has 1 amide bonds. The molecular formula is C16H21N3OS. The third kappa shape index (κ3) is 2.93. The van der Waals surface area contributed by atoms with Gasteiger partial charge in [-0.1, -0.05) is 18.6 Å². The van der Waals surface area contributed by atoms with Crippen LogP contribution in [0.1, 0.15) is 48.7 Å². The monoisotopic (exact) mass is 303 g/mol. The zero-order valence-corrected chi connectivity index (χ0v) is 13.0. The number of nitrogens with zero attached hydrogens (tertiary/aromatic N) is 1. The first-order valence-electron chi connectivity index (χ1n) is 7.61. The minimum Gasteiger partial charge on any atom is -0.389 e. The fraction of sp³-hybridized carbons (Fsp3) is 0.562. The summed E-state index contributed by atoms with van der Waals surface area (Å²) in [5, 5.41) is 3.11. The molecule has 4 unspecified atom stereocenters. The number of fused-ring (bicyclic) bond motifs is 2. The van der Waals surface area contributed by atoms with Crippen LogP contribution in [0.15, 0.2) is 18.3 Å². The molecule has 2 aliphatic rings. The highest BCUT2D eigenvalue weighted by Gasteiger charge is 2.42. The van der Waals surface area contributed by atoms with Gasteiger partial charge in [-0.05, 0) is 56.1 Å². The molecule has 0 radical (unpaired) electrons. The van der Waals surface area contributed by atoms with Crippen molar-refractivity contribution in [2.45, 2.75) is 38.6 Å². The predicted molar refractivity (Wildman–Crippen MR) is 86.0 cm³/mol. The molecule has 2 saturated carbocycles. The smallest absolute Gasteiger partial charge is 0.270 e. The largest absolute Gasteiger partial charge is 0.389 e. The summed E-state index contributed by atoms with van der Waals surface area (Å²) in [6, 6.07) is 3.63. The average Bonchev–Trinajstić information content (AvgIpc) is 3.10. The van der Waals surface area contributed by atoms with Gasteiger partial charge in [0.25, 0.3) is 5.91 Å². The lowest BCUT2D eigenvalue weighted by Crippen LogP contribution is -2.40. The molecule has 1 heterocycles. The van der Waals surface area contributed by atoms with Crippen molar-refractivity contribution in [3.8, 4) is 0 Å². The molecule has 2 fully saturated rings. The minimum atomic E-state index is -0.111. The van der Waals surface area contributed by atoms with Crippen LogP contribution < -0.4 is 11.1 Å². The Hall–Kier alpha value is -1.49. The van der Waals surface area contributed by atoms with Crippen molar-refractivity contribution < 1.29 is 4.79 Å². The molecule has 3 N–H and O–H groups in total. The van der Waals surface area contributed by atoms with E-state index in [1.165, 1.54) is 25.7 Å². The first-order valence-corrected chi connectivity index (χ1v) is 8.02. The lowest BCUT2D eigenvalue weighted by molar-refractivity contribution is 0.0910. The lowest BCUT2D eigenvalue weighted by atomic mass is 9.84. The summed E-state index contributed by atoms with van der Waals surface area (Å²) in [6.45, 7) is 2.12. The molecule has 1 aromatic rings. The van der Waals surface area contributed by atoms with Gasteiger partial charge in [-0.2, -0.15) is 0 Å². The van der Waals surface area contributed by atoms with E-state index in [0.717, 1.165) is 11.8 Å². The second kappa shape index (κ2) is 5.72. The summed E-state index contributed by atoms with van der Waals surface area (Å²) in [5.74, 6) is 2.21. The number of carbonyl (C=O) groups excluding carboxylic acids is 1. The number of hydrogen-bond donors (Lipinski definition) is 2. The van der Waals surface area contributed by atoms with Gasteiger partial charge in [-0.15, -0.1) is 0 Å². The molecule has 112 valence electrons. The van der Waals surface area contributed by atoms with Gasteiger partial charge in [0, 0.05) is 17.8 Å². The second-order valence-electron chi connectivity index (χ2n) is 6.40. The van der Waals surface area contributed by atoms with Crippen molar-refractivity contribution in [2.75, 3.05) is 0 Å². The number of pyridine rings is 1. The van der Waals surface area contributed by atoms with Crippen LogP contribution in [0.3, 0.4) is 0 Å². The summed E-state index contributed by atoms with van der Waals surface area (Å²) < 4.78 is 0. The maximum atomic E-state index is 12.3. The molecule has 0 aromatic carbocycles. The van der Waals surface area contributed by atoms with Crippen LogP contribution in [0.4, 0.5) is 0 Å². The van der Waals surface area contributed by atoms with Gasteiger partial charge in [0.1, 0.15) is 10.7 Å². The highest BCUT2D eigenvalue weighted by molar-refractivity contribution is 7.80. The first kappa shape index (κ1) is 14.4. The number of carbonyl (C=O) groups is 1. The van der Waals surface area contributed by atoms with Crippen LogP contribution in [-0.2, 0) is 0 Å². The van der Waals surface area contributed by atoms with Crippen LogP contribution in [0, 0.1) is 17.8 Å². The standard InChI is InChI=1S/C16H21N3OS/c1-9(13-7-10-2-3-11(13)6-10)19-16(20)14-5-4-12(8-18-14)15(17)21/h4-5,8-11,13H,2-3,6-7H2,1H3,(H2,17,21)(H,19,20). The molecule has 3 rings (SSSR count). The molecule has 1 aromatic heterocycles. The van der Waals surface area contributed by atoms with E-state index in [1.807, 2.05) is 0 Å². The number of rotatable bonds is 4. The Bertz CT molecular complexity index is 557. The molecule has 2 aliphatic carbocycles. The maximum absolute atomic E-state index is 12.3. The summed E-state index contributed by atoms with van der Waals surface area (Å²) in [5.41, 5.74) is 6.63. The van der Waals surface area contributed by atoms with Crippen LogP contribution >= 0.6 is 12.2 Å². The Morgan fingerprint density at radius 3 is 2.76 bits per heavy atom. The fourth-order valence-corrected chi connectivity index (χ4v) is 4.09. The summed E-state index contributed by atoms with van der Waals surface area (Å²) >= 11 is 4.88. The second-order valence-corrected chi connectivity index (χ2v) is 6.84. The van der Waals surface area contributed by atoms with Gasteiger partial charge in [-0.25, -0.2) is 0 Å². The predicted octanol–water partition coefficient (Wildman–Crippen LogP) is 2.27. The van der Waals surface area contributed by atoms with Gasteiger partial charge < -0.3 is 11.1 Å². The van der Waals surface area contributed by atoms with Gasteiger partial charge in [0.2, 0.25) is 0 Å². The normalized spacial score (nSPS) is 28.3. The molecule has 21 heavy (non-hydrogen) atoms. The van der Waals surface area contributed by atoms with Crippen molar-refractivity contribution >= 4 is 23.1 Å². The Kier molecular flexibility index (Phi) is 3.93. The number of nitrogens with two attached hydrogens (primary N) is 1. The van der Waals surface area contributed by atoms with Crippen molar-refractivity contribution in [3.05, 3.63) is 29.6 Å². The van der Waals surface area contributed by atoms with E-state index in [2.05, 4.69) is 17.2 Å². The Labute approximate surface area is 130 Å². The molecule has 5 heteroatoms. The molecule has 2 bridgehead atoms. The minimum absolute atomic E-state index is 0.111. The summed E-state index contributed by atoms with van der Waals surface area (Å²) in [6.07, 6.45) is 6.88. The topological polar surface area (TPSA) is 68.0 Å². The summed E-state index contributed by atoms with van der Waals surface area (Å²) in [4.78, 5) is 16.7. The van der Waals surface area contributed by atoms with E-state index < -0.39 is 0 Å². The molecule has 4 nitrogen and oxygen atoms in total. The molecule has 0 saturated heterocycles. The van der Waals surface area contributed by atoms with Crippen molar-refractivity contribution in [1.29, 1.82) is 0 Å². The van der Waals surface area contributed by atoms with Gasteiger partial charge in [-0.3, -0.25) is 9.78 Å². The van der Waals surface area contributed by atoms with E-state index in [1.54, 1.807) is 18.3 Å². The number of hydrogen-bond acceptors (Lipinski definition) is 3. The van der Waals surface area contributed by atoms with Gasteiger partial charge >= 0.3 is 0 Å². The van der Waals surface area contributed by atoms with Crippen molar-refractivity contribution in [2.24, 2.45) is 23.5 Å². The van der Waals surface area contributed by atoms with E-state index in [-0.39, 0.29) is 11.9 Å². The fourth-order valence-electron chi connectivity index (χ4n) is 3.97. The highest BCUT2D eigenvalue weighted by Crippen LogP contribution is 2.49. The maximum Gasteiger partial charge on any atom is 0.270 e. The quantitative estimate of drug-likeness (QED) is 0.837. The Morgan fingerprint density at radius 1 is 1.43 bits per heavy atom. The molecule has 0 aliphatic heterocycles. The number of thiocarbonyl (C=S) groups is 1. The van der Waals surface area contributed by atoms with Crippen LogP contribution in [0.25, 0.3) is 0 Å². The summed E-state index contributed by atoms with van der Waals surface area (Å²) in [7, 11) is 0. The number of nitrogens with one attached hydrogen (secondary N) is 1. The molecule has 0 spiro atoms. The van der Waals surface area contributed by atoms with Crippen LogP contribution in [0.5, 0.6) is 0 Å². The first-order chi connectivity index (χ1) is 10.0. The molecular weight excluding hydrogens is 282 g/mol. The van der Waals surface area contributed by atoms with Gasteiger partial charge in [0.15, 0.2) is 0 Å². The van der Waals surface area contributed by atoms with E-state index in [9.17, 15) is 4.79 Å². The number of amides is 1. The van der Waals surface area contributed by atoms with E-state index in [4.69, 9.17) is 18.0 Å². The van der Waals surface area contributed by atoms with Crippen LogP contribution in [-0.4, -0.2) is 21.9 Å². The third-order valence-electron chi connectivity index (χ3n) is 5.07. The number of aromatic nitrogens is 1. The Morgan fingerprint density at radius 2 is 2.24 bits per heavy atom. The van der Waals surface area contributed by atoms with Crippen molar-refractivity contribution in [3.63, 3.8) is 0 Å². The average molecular weight is 303 g/mol. The molecule has 4 atom stereocenters. The van der Waals surface area contributed by atoms with Crippen molar-refractivity contribution in [1.82, 2.24) is 10.3 Å². The Balaban J connectivity index is 1.61. The third-order valence-corrected chi connectivity index (χ3v) is 5.31. The SMILES string of the molecule is CC(NC(=O)c1ccc(C(N)=S)cn1)C1CC2CCC1C2. The van der Waals surface area contributed by atoms with E-state index >= 15 is 0 Å². The highest BCUT2D eigenvalue weighted by atomic mass is 32.1. The van der Waals surface area contributed by atoms with Gasteiger partial charge in [0.05, 0.1) is 0 Å². The van der Waals surface area contributed by atoms with Crippen LogP contribution in [0.2, 0.25) is 0 Å². The van der Waals surface area contributed by atoms with E-state index in [0.29, 0.717) is 22.2 Å².